The van der Waals surface area contributed by atoms with Crippen LogP contribution in [0.4, 0.5) is 10.1 Å². The minimum Gasteiger partial charge on any atom is -0.506 e. The molecule has 0 radical (unpaired) electrons. The van der Waals surface area contributed by atoms with Crippen LogP contribution in [0.3, 0.4) is 0 Å². The van der Waals surface area contributed by atoms with Gasteiger partial charge in [-0.05, 0) is 30.5 Å². The van der Waals surface area contributed by atoms with Crippen LogP contribution >= 0.6 is 0 Å². The molecule has 1 aliphatic rings. The Morgan fingerprint density at radius 3 is 2.64 bits per heavy atom. The Kier molecular flexibility index (Phi) is 5.33. The van der Waals surface area contributed by atoms with Crippen LogP contribution in [-0.4, -0.2) is 55.0 Å². The van der Waals surface area contributed by atoms with Gasteiger partial charge in [0.2, 0.25) is 0 Å². The number of carbonyl (C=O) groups excluding carboxylic acids is 1. The molecule has 2 aromatic carbocycles. The first-order valence-electron chi connectivity index (χ1n) is 8.36. The maximum Gasteiger partial charge on any atom is 0.326 e. The number of hydrogen-bond donors (Lipinski definition) is 4. The van der Waals surface area contributed by atoms with Crippen molar-refractivity contribution in [2.45, 2.75) is 25.6 Å². The first-order chi connectivity index (χ1) is 13.1. The van der Waals surface area contributed by atoms with E-state index in [4.69, 9.17) is 4.74 Å². The van der Waals surface area contributed by atoms with Gasteiger partial charge in [0.05, 0.1) is 12.2 Å². The lowest BCUT2D eigenvalue weighted by atomic mass is 10.1. The van der Waals surface area contributed by atoms with Crippen LogP contribution < -0.4 is 13.8 Å². The van der Waals surface area contributed by atoms with Gasteiger partial charge in [0.1, 0.15) is 30.3 Å². The molecular weight excluding hydrogens is 395 g/mol. The fourth-order valence-corrected chi connectivity index (χ4v) is 4.10. The zero-order valence-electron chi connectivity index (χ0n) is 14.8. The Hall–Kier alpha value is -2.63. The molecule has 152 valence electrons. The molecular formula is C17H19FN2O7S. The molecule has 1 heterocycles. The van der Waals surface area contributed by atoms with Gasteiger partial charge in [-0.1, -0.05) is 6.07 Å². The molecule has 4 N–H and O–H groups in total. The number of nitrogens with zero attached hydrogens (tertiary/aromatic N) is 1. The predicted molar refractivity (Wildman–Crippen MR) is 97.8 cm³/mol. The number of phenols is 1. The summed E-state index contributed by atoms with van der Waals surface area (Å²) in [5.41, 5.74) is -0.642. The van der Waals surface area contributed by atoms with Crippen molar-refractivity contribution in [2.75, 3.05) is 17.5 Å². The second kappa shape index (κ2) is 7.41. The lowest BCUT2D eigenvalue weighted by Gasteiger charge is -2.19. The number of aromatic hydroxyl groups is 1. The van der Waals surface area contributed by atoms with Crippen LogP contribution in [0.25, 0.3) is 10.8 Å². The van der Waals surface area contributed by atoms with Crippen molar-refractivity contribution >= 4 is 32.6 Å². The third kappa shape index (κ3) is 3.96. The number of rotatable bonds is 6. The number of phenolic OH excluding ortho intramolecular Hbond substituents is 1. The Bertz CT molecular complexity index is 1030. The molecule has 2 aromatic rings. The fourth-order valence-electron chi connectivity index (χ4n) is 2.93. The fraction of sp³-hybridized carbons (Fsp3) is 0.353. The Morgan fingerprint density at radius 2 is 2.04 bits per heavy atom. The molecule has 0 aromatic heterocycles. The highest BCUT2D eigenvalue weighted by Gasteiger charge is 2.37. The van der Waals surface area contributed by atoms with Crippen molar-refractivity contribution in [1.29, 1.82) is 0 Å². The van der Waals surface area contributed by atoms with E-state index >= 15 is 4.39 Å². The second-order valence-electron chi connectivity index (χ2n) is 6.53. The molecule has 3 rings (SSSR count). The van der Waals surface area contributed by atoms with E-state index in [1.54, 1.807) is 4.72 Å². The van der Waals surface area contributed by atoms with Gasteiger partial charge in [-0.15, -0.1) is 0 Å². The van der Waals surface area contributed by atoms with E-state index in [1.807, 2.05) is 0 Å². The van der Waals surface area contributed by atoms with Gasteiger partial charge in [-0.3, -0.25) is 4.79 Å². The summed E-state index contributed by atoms with van der Waals surface area (Å²) in [4.78, 5) is 11.4. The summed E-state index contributed by atoms with van der Waals surface area (Å²) >= 11 is 0. The minimum absolute atomic E-state index is 0.0372. The van der Waals surface area contributed by atoms with Gasteiger partial charge in [0.25, 0.3) is 5.91 Å². The Balaban J connectivity index is 1.96. The first kappa shape index (κ1) is 20.1. The highest BCUT2D eigenvalue weighted by molar-refractivity contribution is 7.92. The molecule has 0 unspecified atom stereocenters. The van der Waals surface area contributed by atoms with E-state index in [2.05, 4.69) is 0 Å². The lowest BCUT2D eigenvalue weighted by molar-refractivity contribution is -0.117. The number of benzene rings is 2. The normalized spacial score (nSPS) is 18.1. The van der Waals surface area contributed by atoms with Crippen molar-refractivity contribution in [2.24, 2.45) is 0 Å². The monoisotopic (exact) mass is 414 g/mol. The van der Waals surface area contributed by atoms with Gasteiger partial charge < -0.3 is 20.1 Å². The van der Waals surface area contributed by atoms with Crippen LogP contribution in [-0.2, 0) is 15.0 Å². The zero-order valence-corrected chi connectivity index (χ0v) is 15.6. The summed E-state index contributed by atoms with van der Waals surface area (Å²) in [5.74, 6) is -2.31. The van der Waals surface area contributed by atoms with Crippen molar-refractivity contribution in [3.05, 3.63) is 30.1 Å². The predicted octanol–water partition coefficient (Wildman–Crippen LogP) is 0.376. The molecule has 2 atom stereocenters. The molecule has 0 bridgehead atoms. The van der Waals surface area contributed by atoms with Crippen LogP contribution in [0.5, 0.6) is 11.5 Å². The maximum absolute atomic E-state index is 15.1. The third-order valence-electron chi connectivity index (χ3n) is 4.13. The molecule has 0 spiro atoms. The largest absolute Gasteiger partial charge is 0.506 e. The van der Waals surface area contributed by atoms with Gasteiger partial charge in [0, 0.05) is 11.8 Å². The maximum atomic E-state index is 15.1. The van der Waals surface area contributed by atoms with Crippen molar-refractivity contribution in [3.63, 3.8) is 0 Å². The molecule has 1 amide bonds. The second-order valence-corrected chi connectivity index (χ2v) is 8.12. The SMILES string of the molecule is C[C@@H](O)C[C@@H](O)COc1ccc2cc(O)c(N3CC(=O)NS3(=O)=O)c(F)c2c1. The number of anilines is 1. The van der Waals surface area contributed by atoms with Crippen LogP contribution in [0, 0.1) is 5.82 Å². The number of fused-ring (bicyclic) bond motifs is 1. The van der Waals surface area contributed by atoms with E-state index in [0.717, 1.165) is 0 Å². The summed E-state index contributed by atoms with van der Waals surface area (Å²) < 4.78 is 46.6. The van der Waals surface area contributed by atoms with E-state index < -0.39 is 52.1 Å². The summed E-state index contributed by atoms with van der Waals surface area (Å²) in [7, 11) is -4.30. The van der Waals surface area contributed by atoms with Crippen molar-refractivity contribution in [3.8, 4) is 11.5 Å². The zero-order chi connectivity index (χ0) is 20.6. The number of aliphatic hydroxyl groups excluding tert-OH is 2. The summed E-state index contributed by atoms with van der Waals surface area (Å²) in [5, 5.41) is 29.4. The number of aliphatic hydroxyl groups is 2. The van der Waals surface area contributed by atoms with Gasteiger partial charge in [-0.25, -0.2) is 13.4 Å². The first-order valence-corrected chi connectivity index (χ1v) is 9.80. The van der Waals surface area contributed by atoms with Crippen LogP contribution in [0.1, 0.15) is 13.3 Å². The van der Waals surface area contributed by atoms with E-state index in [1.165, 1.54) is 31.2 Å². The number of hydrogen-bond acceptors (Lipinski definition) is 7. The molecule has 11 heteroatoms. The molecule has 9 nitrogen and oxygen atoms in total. The number of nitrogens with one attached hydrogen (secondary N) is 1. The Labute approximate surface area is 160 Å². The van der Waals surface area contributed by atoms with Crippen molar-refractivity contribution in [1.82, 2.24) is 4.72 Å². The standard InChI is InChI=1S/C17H19FN2O7S/c1-9(21)4-11(22)8-27-12-3-2-10-5-14(23)17(16(18)13(10)6-12)20-7-15(24)19-28(20,25)26/h2-3,5-6,9,11,21-23H,4,7-8H2,1H3,(H,19,24)/t9-,11-/m1/s1. The molecule has 28 heavy (non-hydrogen) atoms. The third-order valence-corrected chi connectivity index (χ3v) is 5.51. The molecule has 0 aliphatic carbocycles. The average Bonchev–Trinajstić information content (AvgIpc) is 2.85. The number of halogens is 1. The molecule has 1 saturated heterocycles. The summed E-state index contributed by atoms with van der Waals surface area (Å²) in [6, 6.07) is 5.42. The smallest absolute Gasteiger partial charge is 0.326 e. The molecule has 1 fully saturated rings. The van der Waals surface area contributed by atoms with E-state index in [-0.39, 0.29) is 29.5 Å². The molecule has 1 aliphatic heterocycles. The number of ether oxygens (including phenoxy) is 1. The summed E-state index contributed by atoms with van der Waals surface area (Å²) in [6.07, 6.45) is -1.53. The van der Waals surface area contributed by atoms with Crippen LogP contribution in [0.15, 0.2) is 24.3 Å². The molecule has 0 saturated carbocycles. The average molecular weight is 414 g/mol. The number of amides is 1. The van der Waals surface area contributed by atoms with Gasteiger partial charge >= 0.3 is 10.2 Å². The quantitative estimate of drug-likeness (QED) is 0.536. The van der Waals surface area contributed by atoms with Crippen LogP contribution in [0.2, 0.25) is 0 Å². The number of carbonyl (C=O) groups is 1. The van der Waals surface area contributed by atoms with E-state index in [0.29, 0.717) is 4.31 Å². The Morgan fingerprint density at radius 1 is 1.32 bits per heavy atom. The topological polar surface area (TPSA) is 136 Å². The minimum atomic E-state index is -4.30. The van der Waals surface area contributed by atoms with Crippen molar-refractivity contribution < 1.29 is 37.7 Å². The van der Waals surface area contributed by atoms with Gasteiger partial charge in [0.15, 0.2) is 5.82 Å². The van der Waals surface area contributed by atoms with Gasteiger partial charge in [-0.2, -0.15) is 8.42 Å². The lowest BCUT2D eigenvalue weighted by Crippen LogP contribution is -2.30. The summed E-state index contributed by atoms with van der Waals surface area (Å²) in [6.45, 7) is 0.733. The highest BCUT2D eigenvalue weighted by Crippen LogP contribution is 2.39. The van der Waals surface area contributed by atoms with E-state index in [9.17, 15) is 28.5 Å². The highest BCUT2D eigenvalue weighted by atomic mass is 32.2.